The number of thioether (sulfide) groups is 1. The minimum atomic E-state index is 0.848. The second-order valence-electron chi connectivity index (χ2n) is 3.84. The van der Waals surface area contributed by atoms with E-state index in [0.717, 1.165) is 43.3 Å². The highest BCUT2D eigenvalue weighted by molar-refractivity contribution is 7.98. The average molecular weight is 254 g/mol. The van der Waals surface area contributed by atoms with Crippen molar-refractivity contribution in [3.63, 3.8) is 0 Å². The van der Waals surface area contributed by atoms with Crippen LogP contribution in [0.4, 0.5) is 5.82 Å². The lowest BCUT2D eigenvalue weighted by molar-refractivity contribution is 0.200. The smallest absolute Gasteiger partial charge is 0.129 e. The zero-order valence-electron chi connectivity index (χ0n) is 10.7. The molecule has 0 aliphatic carbocycles. The number of hydrogen-bond donors (Lipinski definition) is 1. The summed E-state index contributed by atoms with van der Waals surface area (Å²) in [6.07, 6.45) is 4.08. The summed E-state index contributed by atoms with van der Waals surface area (Å²) >= 11 is 1.93. The Morgan fingerprint density at radius 2 is 2.35 bits per heavy atom. The Hall–Kier alpha value is -0.740. The molecule has 0 fully saturated rings. The lowest BCUT2D eigenvalue weighted by atomic mass is 10.3. The molecule has 1 heterocycles. The molecule has 3 nitrogen and oxygen atoms in total. The molecule has 0 aliphatic heterocycles. The van der Waals surface area contributed by atoms with Crippen LogP contribution in [0.3, 0.4) is 0 Å². The normalized spacial score (nSPS) is 10.5. The number of hydrogen-bond acceptors (Lipinski definition) is 4. The van der Waals surface area contributed by atoms with Gasteiger partial charge >= 0.3 is 0 Å². The van der Waals surface area contributed by atoms with Crippen molar-refractivity contribution >= 4 is 17.6 Å². The Morgan fingerprint density at radius 1 is 1.47 bits per heavy atom. The van der Waals surface area contributed by atoms with Gasteiger partial charge in [0.25, 0.3) is 0 Å². The van der Waals surface area contributed by atoms with Crippen molar-refractivity contribution in [2.24, 2.45) is 0 Å². The van der Waals surface area contributed by atoms with Gasteiger partial charge in [0.15, 0.2) is 0 Å². The molecule has 1 aromatic rings. The van der Waals surface area contributed by atoms with Crippen LogP contribution in [-0.2, 0) is 10.5 Å². The molecule has 0 bridgehead atoms. The standard InChI is InChI=1S/C13H22N2OS/c1-3-7-14-13-12(6-4-8-15-13)11-17-10-5-9-16-2/h4,6,8H,3,5,7,9-11H2,1-2H3,(H,14,15). The molecule has 0 unspecified atom stereocenters. The van der Waals surface area contributed by atoms with E-state index < -0.39 is 0 Å². The van der Waals surface area contributed by atoms with Gasteiger partial charge < -0.3 is 10.1 Å². The molecular weight excluding hydrogens is 232 g/mol. The van der Waals surface area contributed by atoms with Crippen LogP contribution < -0.4 is 5.32 Å². The molecule has 0 saturated carbocycles. The van der Waals surface area contributed by atoms with Gasteiger partial charge in [0.2, 0.25) is 0 Å². The maximum atomic E-state index is 5.03. The summed E-state index contributed by atoms with van der Waals surface area (Å²) in [7, 11) is 1.75. The van der Waals surface area contributed by atoms with E-state index >= 15 is 0 Å². The van der Waals surface area contributed by atoms with E-state index in [4.69, 9.17) is 4.74 Å². The molecule has 0 aromatic carbocycles. The summed E-state index contributed by atoms with van der Waals surface area (Å²) < 4.78 is 5.03. The minimum absolute atomic E-state index is 0.848. The van der Waals surface area contributed by atoms with E-state index in [1.165, 1.54) is 5.56 Å². The van der Waals surface area contributed by atoms with Gasteiger partial charge in [0.05, 0.1) is 0 Å². The van der Waals surface area contributed by atoms with E-state index in [1.54, 1.807) is 7.11 Å². The Bertz CT molecular complexity index is 307. The zero-order valence-corrected chi connectivity index (χ0v) is 11.6. The third-order valence-corrected chi connectivity index (χ3v) is 3.42. The Balaban J connectivity index is 2.35. The first-order valence-electron chi connectivity index (χ1n) is 6.13. The van der Waals surface area contributed by atoms with Gasteiger partial charge in [-0.05, 0) is 24.7 Å². The molecule has 0 aliphatic rings. The van der Waals surface area contributed by atoms with E-state index in [0.29, 0.717) is 0 Å². The maximum Gasteiger partial charge on any atom is 0.129 e. The lowest BCUT2D eigenvalue weighted by Crippen LogP contribution is -2.04. The highest BCUT2D eigenvalue weighted by Crippen LogP contribution is 2.19. The molecular formula is C13H22N2OS. The number of anilines is 1. The molecule has 0 saturated heterocycles. The molecule has 0 radical (unpaired) electrons. The Labute approximate surface area is 108 Å². The summed E-state index contributed by atoms with van der Waals surface area (Å²) in [4.78, 5) is 4.38. The summed E-state index contributed by atoms with van der Waals surface area (Å²) in [5.74, 6) is 3.19. The number of rotatable bonds is 9. The molecule has 17 heavy (non-hydrogen) atoms. The fourth-order valence-electron chi connectivity index (χ4n) is 1.45. The summed E-state index contributed by atoms with van der Waals surface area (Å²) in [6, 6.07) is 4.15. The first-order chi connectivity index (χ1) is 8.38. The highest BCUT2D eigenvalue weighted by Gasteiger charge is 2.02. The number of ether oxygens (including phenoxy) is 1. The number of nitrogens with zero attached hydrogens (tertiary/aromatic N) is 1. The predicted octanol–water partition coefficient (Wildman–Crippen LogP) is 3.17. The van der Waals surface area contributed by atoms with E-state index in [1.807, 2.05) is 24.0 Å². The van der Waals surface area contributed by atoms with Gasteiger partial charge in [-0.15, -0.1) is 0 Å². The summed E-state index contributed by atoms with van der Waals surface area (Å²) in [5.41, 5.74) is 1.29. The van der Waals surface area contributed by atoms with Crippen molar-refractivity contribution in [2.45, 2.75) is 25.5 Å². The largest absolute Gasteiger partial charge is 0.385 e. The van der Waals surface area contributed by atoms with Crippen LogP contribution in [0.2, 0.25) is 0 Å². The van der Waals surface area contributed by atoms with Crippen molar-refractivity contribution in [3.8, 4) is 0 Å². The number of methoxy groups -OCH3 is 1. The first kappa shape index (κ1) is 14.3. The SMILES string of the molecule is CCCNc1ncccc1CSCCCOC. The van der Waals surface area contributed by atoms with Crippen molar-refractivity contribution in [3.05, 3.63) is 23.9 Å². The first-order valence-corrected chi connectivity index (χ1v) is 7.28. The fraction of sp³-hybridized carbons (Fsp3) is 0.615. The van der Waals surface area contributed by atoms with Gasteiger partial charge in [-0.25, -0.2) is 4.98 Å². The molecule has 0 atom stereocenters. The second kappa shape index (κ2) is 9.31. The lowest BCUT2D eigenvalue weighted by Gasteiger charge is -2.09. The van der Waals surface area contributed by atoms with Crippen molar-refractivity contribution < 1.29 is 4.74 Å². The van der Waals surface area contributed by atoms with Crippen LogP contribution in [0, 0.1) is 0 Å². The average Bonchev–Trinajstić information content (AvgIpc) is 2.37. The monoisotopic (exact) mass is 254 g/mol. The van der Waals surface area contributed by atoms with Gasteiger partial charge in [-0.2, -0.15) is 11.8 Å². The quantitative estimate of drug-likeness (QED) is 0.686. The third-order valence-electron chi connectivity index (χ3n) is 2.33. The van der Waals surface area contributed by atoms with Crippen LogP contribution >= 0.6 is 11.8 Å². The number of nitrogens with one attached hydrogen (secondary N) is 1. The number of pyridine rings is 1. The van der Waals surface area contributed by atoms with E-state index in [9.17, 15) is 0 Å². The molecule has 1 N–H and O–H groups in total. The van der Waals surface area contributed by atoms with Crippen molar-refractivity contribution in [1.82, 2.24) is 4.98 Å². The summed E-state index contributed by atoms with van der Waals surface area (Å²) in [5, 5.41) is 3.37. The van der Waals surface area contributed by atoms with E-state index in [-0.39, 0.29) is 0 Å². The highest BCUT2D eigenvalue weighted by atomic mass is 32.2. The Morgan fingerprint density at radius 3 is 3.12 bits per heavy atom. The Kier molecular flexibility index (Phi) is 7.84. The zero-order chi connectivity index (χ0) is 12.3. The number of aromatic nitrogens is 1. The molecule has 0 amide bonds. The summed E-state index contributed by atoms with van der Waals surface area (Å²) in [6.45, 7) is 3.99. The topological polar surface area (TPSA) is 34.2 Å². The van der Waals surface area contributed by atoms with Crippen LogP contribution in [0.25, 0.3) is 0 Å². The van der Waals surface area contributed by atoms with Crippen LogP contribution in [0.15, 0.2) is 18.3 Å². The predicted molar refractivity (Wildman–Crippen MR) is 75.7 cm³/mol. The van der Waals surface area contributed by atoms with Crippen LogP contribution in [-0.4, -0.2) is 31.0 Å². The van der Waals surface area contributed by atoms with Crippen molar-refractivity contribution in [1.29, 1.82) is 0 Å². The molecule has 4 heteroatoms. The van der Waals surface area contributed by atoms with Crippen molar-refractivity contribution in [2.75, 3.05) is 31.3 Å². The molecule has 96 valence electrons. The van der Waals surface area contributed by atoms with Crippen LogP contribution in [0.5, 0.6) is 0 Å². The molecule has 1 rings (SSSR count). The van der Waals surface area contributed by atoms with Gasteiger partial charge in [0, 0.05) is 37.8 Å². The fourth-order valence-corrected chi connectivity index (χ4v) is 2.36. The maximum absolute atomic E-state index is 5.03. The van der Waals surface area contributed by atoms with Crippen LogP contribution in [0.1, 0.15) is 25.3 Å². The van der Waals surface area contributed by atoms with E-state index in [2.05, 4.69) is 23.3 Å². The molecule has 0 spiro atoms. The molecule has 1 aromatic heterocycles. The second-order valence-corrected chi connectivity index (χ2v) is 4.94. The third kappa shape index (κ3) is 5.94. The van der Waals surface area contributed by atoms with Gasteiger partial charge in [-0.3, -0.25) is 0 Å². The van der Waals surface area contributed by atoms with Gasteiger partial charge in [-0.1, -0.05) is 13.0 Å². The minimum Gasteiger partial charge on any atom is -0.385 e. The van der Waals surface area contributed by atoms with Gasteiger partial charge in [0.1, 0.15) is 5.82 Å².